The van der Waals surface area contributed by atoms with Crippen molar-refractivity contribution < 1.29 is 0 Å². The van der Waals surface area contributed by atoms with Crippen LogP contribution in [0.15, 0.2) is 72.8 Å². The molecular weight excluding hydrogens is 264 g/mol. The monoisotopic (exact) mass is 278 g/mol. The summed E-state index contributed by atoms with van der Waals surface area (Å²) < 4.78 is 0. The van der Waals surface area contributed by atoms with Gasteiger partial charge in [-0.25, -0.2) is 0 Å². The minimum Gasteiger partial charge on any atom is -0.115 e. The van der Waals surface area contributed by atoms with Crippen molar-refractivity contribution in [1.29, 1.82) is 0 Å². The van der Waals surface area contributed by atoms with E-state index in [1.807, 2.05) is 48.5 Å². The molecule has 0 spiro atoms. The van der Waals surface area contributed by atoms with E-state index in [0.717, 1.165) is 33.4 Å². The van der Waals surface area contributed by atoms with E-state index >= 15 is 0 Å². The molecule has 0 aliphatic carbocycles. The fraction of sp³-hybridized carbons (Fsp3) is 0. The third-order valence-corrected chi connectivity index (χ3v) is 3.67. The maximum atomic E-state index is 5.71. The molecule has 0 N–H and O–H groups in total. The van der Waals surface area contributed by atoms with Crippen LogP contribution >= 0.6 is 0 Å². The van der Waals surface area contributed by atoms with Crippen molar-refractivity contribution in [3.8, 4) is 46.9 Å². The third-order valence-electron chi connectivity index (χ3n) is 3.67. The molecule has 102 valence electrons. The van der Waals surface area contributed by atoms with E-state index in [9.17, 15) is 0 Å². The summed E-state index contributed by atoms with van der Waals surface area (Å²) in [5.74, 6) is 5.42. The van der Waals surface area contributed by atoms with Gasteiger partial charge in [0.1, 0.15) is 0 Å². The van der Waals surface area contributed by atoms with Crippen LogP contribution in [0.1, 0.15) is 11.1 Å². The van der Waals surface area contributed by atoms with E-state index < -0.39 is 0 Å². The van der Waals surface area contributed by atoms with Gasteiger partial charge in [-0.2, -0.15) is 0 Å². The first-order valence-electron chi connectivity index (χ1n) is 7.06. The lowest BCUT2D eigenvalue weighted by Crippen LogP contribution is -1.91. The molecule has 0 nitrogen and oxygen atoms in total. The zero-order valence-corrected chi connectivity index (χ0v) is 12.1. The Morgan fingerprint density at radius 1 is 0.545 bits per heavy atom. The van der Waals surface area contributed by atoms with Crippen molar-refractivity contribution in [2.45, 2.75) is 0 Å². The quantitative estimate of drug-likeness (QED) is 0.580. The second kappa shape index (κ2) is 6.04. The minimum absolute atomic E-state index is 0.753. The molecule has 3 aromatic carbocycles. The summed E-state index contributed by atoms with van der Waals surface area (Å²) in [5.41, 5.74) is 5.92. The van der Waals surface area contributed by atoms with E-state index in [1.54, 1.807) is 0 Å². The molecule has 0 unspecified atom stereocenters. The Hall–Kier alpha value is -3.22. The molecule has 0 bridgehead atoms. The van der Waals surface area contributed by atoms with E-state index in [1.165, 1.54) is 0 Å². The van der Waals surface area contributed by atoms with Gasteiger partial charge in [0.15, 0.2) is 0 Å². The SMILES string of the molecule is C#Cc1cccc(-c2ccccc2-c2ccccc2)c1C#C. The summed E-state index contributed by atoms with van der Waals surface area (Å²) in [4.78, 5) is 0. The molecule has 0 atom stereocenters. The van der Waals surface area contributed by atoms with Gasteiger partial charge in [-0.3, -0.25) is 0 Å². The Bertz CT molecular complexity index is 887. The van der Waals surface area contributed by atoms with Gasteiger partial charge < -0.3 is 0 Å². The molecule has 0 heterocycles. The van der Waals surface area contributed by atoms with Crippen molar-refractivity contribution in [3.05, 3.63) is 83.9 Å². The number of benzene rings is 3. The summed E-state index contributed by atoms with van der Waals surface area (Å²) in [7, 11) is 0. The zero-order valence-electron chi connectivity index (χ0n) is 12.1. The molecule has 0 amide bonds. The first-order valence-corrected chi connectivity index (χ1v) is 7.06. The normalized spacial score (nSPS) is 9.73. The lowest BCUT2D eigenvalue weighted by atomic mass is 9.90. The van der Waals surface area contributed by atoms with Gasteiger partial charge in [-0.1, -0.05) is 78.6 Å². The molecule has 0 radical (unpaired) electrons. The maximum Gasteiger partial charge on any atom is 0.0477 e. The highest BCUT2D eigenvalue weighted by molar-refractivity contribution is 5.87. The predicted molar refractivity (Wildman–Crippen MR) is 93.2 cm³/mol. The Morgan fingerprint density at radius 3 is 1.86 bits per heavy atom. The van der Waals surface area contributed by atoms with Gasteiger partial charge in [0.25, 0.3) is 0 Å². The average molecular weight is 278 g/mol. The summed E-state index contributed by atoms with van der Waals surface area (Å²) >= 11 is 0. The van der Waals surface area contributed by atoms with Gasteiger partial charge in [-0.15, -0.1) is 12.8 Å². The first-order chi connectivity index (χ1) is 10.8. The van der Waals surface area contributed by atoms with E-state index in [0.29, 0.717) is 0 Å². The Kier molecular flexibility index (Phi) is 3.78. The van der Waals surface area contributed by atoms with Crippen LogP contribution < -0.4 is 0 Å². The summed E-state index contributed by atoms with van der Waals surface area (Å²) in [6.45, 7) is 0. The van der Waals surface area contributed by atoms with Crippen molar-refractivity contribution in [2.24, 2.45) is 0 Å². The van der Waals surface area contributed by atoms with Crippen molar-refractivity contribution in [3.63, 3.8) is 0 Å². The van der Waals surface area contributed by atoms with E-state index in [4.69, 9.17) is 12.8 Å². The van der Waals surface area contributed by atoms with Gasteiger partial charge in [0.05, 0.1) is 0 Å². The van der Waals surface area contributed by atoms with E-state index in [-0.39, 0.29) is 0 Å². The molecule has 0 fully saturated rings. The topological polar surface area (TPSA) is 0 Å². The fourth-order valence-electron chi connectivity index (χ4n) is 2.64. The zero-order chi connectivity index (χ0) is 15.4. The number of terminal acetylenes is 2. The van der Waals surface area contributed by atoms with Crippen LogP contribution in [0.3, 0.4) is 0 Å². The molecule has 3 aromatic rings. The van der Waals surface area contributed by atoms with Crippen LogP contribution in [0.5, 0.6) is 0 Å². The smallest absolute Gasteiger partial charge is 0.0477 e. The summed E-state index contributed by atoms with van der Waals surface area (Å²) in [5, 5.41) is 0. The molecule has 0 aliphatic rings. The van der Waals surface area contributed by atoms with Gasteiger partial charge in [0.2, 0.25) is 0 Å². The largest absolute Gasteiger partial charge is 0.115 e. The Morgan fingerprint density at radius 2 is 1.18 bits per heavy atom. The van der Waals surface area contributed by atoms with E-state index in [2.05, 4.69) is 36.1 Å². The second-order valence-corrected chi connectivity index (χ2v) is 4.93. The average Bonchev–Trinajstić information content (AvgIpc) is 2.61. The fourth-order valence-corrected chi connectivity index (χ4v) is 2.64. The van der Waals surface area contributed by atoms with Crippen LogP contribution in [0, 0.1) is 24.7 Å². The minimum atomic E-state index is 0.753. The molecule has 0 saturated heterocycles. The van der Waals surface area contributed by atoms with Crippen LogP contribution in [0.2, 0.25) is 0 Å². The highest BCUT2D eigenvalue weighted by Crippen LogP contribution is 2.34. The molecule has 0 saturated carbocycles. The Balaban J connectivity index is 2.28. The molecule has 0 aromatic heterocycles. The number of hydrogen-bond acceptors (Lipinski definition) is 0. The van der Waals surface area contributed by atoms with Crippen LogP contribution in [-0.2, 0) is 0 Å². The number of rotatable bonds is 2. The molecule has 0 heteroatoms. The van der Waals surface area contributed by atoms with Crippen LogP contribution in [-0.4, -0.2) is 0 Å². The highest BCUT2D eigenvalue weighted by Gasteiger charge is 2.11. The van der Waals surface area contributed by atoms with Crippen molar-refractivity contribution in [2.75, 3.05) is 0 Å². The van der Waals surface area contributed by atoms with Gasteiger partial charge >= 0.3 is 0 Å². The predicted octanol–water partition coefficient (Wildman–Crippen LogP) is 4.98. The molecule has 3 rings (SSSR count). The van der Waals surface area contributed by atoms with Gasteiger partial charge in [0, 0.05) is 11.1 Å². The van der Waals surface area contributed by atoms with Crippen molar-refractivity contribution >= 4 is 0 Å². The standard InChI is InChI=1S/C22H14/c1-3-17-13-10-16-21(19(17)4-2)22-15-9-8-14-20(22)18-11-6-5-7-12-18/h1-2,5-16H. The molecule has 22 heavy (non-hydrogen) atoms. The van der Waals surface area contributed by atoms with Gasteiger partial charge in [-0.05, 0) is 28.3 Å². The molecule has 0 aliphatic heterocycles. The van der Waals surface area contributed by atoms with Crippen LogP contribution in [0.25, 0.3) is 22.3 Å². The lowest BCUT2D eigenvalue weighted by Gasteiger charge is -2.13. The summed E-state index contributed by atoms with van der Waals surface area (Å²) in [6.07, 6.45) is 11.3. The second-order valence-electron chi connectivity index (χ2n) is 4.93. The maximum absolute atomic E-state index is 5.71. The highest BCUT2D eigenvalue weighted by atomic mass is 14.1. The molecular formula is C22H14. The number of hydrogen-bond donors (Lipinski definition) is 0. The van der Waals surface area contributed by atoms with Crippen LogP contribution in [0.4, 0.5) is 0 Å². The Labute approximate surface area is 131 Å². The van der Waals surface area contributed by atoms with Crippen molar-refractivity contribution in [1.82, 2.24) is 0 Å². The lowest BCUT2D eigenvalue weighted by molar-refractivity contribution is 1.54. The third kappa shape index (κ3) is 2.39. The first kappa shape index (κ1) is 13.7. The summed E-state index contributed by atoms with van der Waals surface area (Å²) in [6, 6.07) is 24.4.